The summed E-state index contributed by atoms with van der Waals surface area (Å²) in [6.45, 7) is 7.07. The third kappa shape index (κ3) is 5.04. The number of hydrogen-bond donors (Lipinski definition) is 2. The first-order chi connectivity index (χ1) is 7.78. The fourth-order valence-electron chi connectivity index (χ4n) is 1.47. The second kappa shape index (κ2) is 5.35. The Balaban J connectivity index is 2.14. The van der Waals surface area contributed by atoms with Gasteiger partial charge in [0, 0.05) is 25.7 Å². The van der Waals surface area contributed by atoms with Crippen molar-refractivity contribution in [2.24, 2.45) is 0 Å². The zero-order valence-corrected chi connectivity index (χ0v) is 10.5. The van der Waals surface area contributed by atoms with E-state index in [0.29, 0.717) is 19.6 Å². The molecule has 1 amide bonds. The van der Waals surface area contributed by atoms with Gasteiger partial charge in [0.2, 0.25) is 0 Å². The predicted octanol–water partition coefficient (Wildman–Crippen LogP) is 0.670. The Bertz CT molecular complexity index is 292. The molecule has 0 aromatic rings. The zero-order chi connectivity index (χ0) is 13.1. The van der Waals surface area contributed by atoms with Crippen LogP contribution in [-0.4, -0.2) is 53.3 Å². The number of rotatable bonds is 4. The van der Waals surface area contributed by atoms with Crippen LogP contribution in [0.1, 0.15) is 27.2 Å². The molecule has 0 aromatic carbocycles. The molecule has 0 unspecified atom stereocenters. The fourth-order valence-corrected chi connectivity index (χ4v) is 1.47. The Morgan fingerprint density at radius 2 is 2.00 bits per heavy atom. The van der Waals surface area contributed by atoms with Crippen LogP contribution in [0.25, 0.3) is 0 Å². The SMILES string of the molecule is CC(C)(C)OC(=O)N1CC(NCCC(=O)O)C1. The Labute approximate surface area is 101 Å². The van der Waals surface area contributed by atoms with Gasteiger partial charge in [-0.2, -0.15) is 0 Å². The number of amides is 1. The normalized spacial score (nSPS) is 16.5. The summed E-state index contributed by atoms with van der Waals surface area (Å²) in [4.78, 5) is 23.4. The molecule has 1 fully saturated rings. The van der Waals surface area contributed by atoms with Crippen LogP contribution in [0, 0.1) is 0 Å². The van der Waals surface area contributed by atoms with E-state index in [9.17, 15) is 9.59 Å². The van der Waals surface area contributed by atoms with Crippen LogP contribution >= 0.6 is 0 Å². The highest BCUT2D eigenvalue weighted by Gasteiger charge is 2.33. The molecule has 0 atom stereocenters. The lowest BCUT2D eigenvalue weighted by atomic mass is 10.1. The number of carboxylic acid groups (broad SMARTS) is 1. The minimum absolute atomic E-state index is 0.100. The monoisotopic (exact) mass is 244 g/mol. The van der Waals surface area contributed by atoms with Crippen LogP contribution in [0.4, 0.5) is 4.79 Å². The average molecular weight is 244 g/mol. The van der Waals surface area contributed by atoms with E-state index in [2.05, 4.69) is 5.32 Å². The third-order valence-corrected chi connectivity index (χ3v) is 2.31. The van der Waals surface area contributed by atoms with Crippen molar-refractivity contribution in [2.75, 3.05) is 19.6 Å². The summed E-state index contributed by atoms with van der Waals surface area (Å²) in [5, 5.41) is 11.5. The molecule has 98 valence electrons. The van der Waals surface area contributed by atoms with E-state index >= 15 is 0 Å². The summed E-state index contributed by atoms with van der Waals surface area (Å²) in [6.07, 6.45) is -0.211. The second-order valence-corrected chi connectivity index (χ2v) is 5.18. The fraction of sp³-hybridized carbons (Fsp3) is 0.818. The lowest BCUT2D eigenvalue weighted by Crippen LogP contribution is -2.60. The summed E-state index contributed by atoms with van der Waals surface area (Å²) in [6, 6.07) is 0.182. The van der Waals surface area contributed by atoms with Gasteiger partial charge in [0.15, 0.2) is 0 Å². The predicted molar refractivity (Wildman–Crippen MR) is 61.9 cm³/mol. The number of carbonyl (C=O) groups is 2. The Hall–Kier alpha value is -1.30. The Morgan fingerprint density at radius 1 is 1.41 bits per heavy atom. The van der Waals surface area contributed by atoms with Gasteiger partial charge in [-0.3, -0.25) is 4.79 Å². The van der Waals surface area contributed by atoms with E-state index in [1.165, 1.54) is 0 Å². The maximum absolute atomic E-state index is 11.6. The zero-order valence-electron chi connectivity index (χ0n) is 10.5. The summed E-state index contributed by atoms with van der Waals surface area (Å²) in [7, 11) is 0. The number of aliphatic carboxylic acids is 1. The van der Waals surface area contributed by atoms with Gasteiger partial charge >= 0.3 is 12.1 Å². The quantitative estimate of drug-likeness (QED) is 0.760. The lowest BCUT2D eigenvalue weighted by molar-refractivity contribution is -0.136. The van der Waals surface area contributed by atoms with Gasteiger partial charge < -0.3 is 20.1 Å². The summed E-state index contributed by atoms with van der Waals surface area (Å²) < 4.78 is 5.20. The van der Waals surface area contributed by atoms with Crippen molar-refractivity contribution in [1.29, 1.82) is 0 Å². The molecule has 0 saturated carbocycles. The van der Waals surface area contributed by atoms with E-state index < -0.39 is 11.6 Å². The second-order valence-electron chi connectivity index (χ2n) is 5.18. The lowest BCUT2D eigenvalue weighted by Gasteiger charge is -2.40. The maximum Gasteiger partial charge on any atom is 0.410 e. The molecule has 0 radical (unpaired) electrons. The smallest absolute Gasteiger partial charge is 0.410 e. The van der Waals surface area contributed by atoms with Crippen molar-refractivity contribution >= 4 is 12.1 Å². The van der Waals surface area contributed by atoms with E-state index in [-0.39, 0.29) is 18.6 Å². The van der Waals surface area contributed by atoms with Crippen molar-refractivity contribution in [3.8, 4) is 0 Å². The molecule has 0 spiro atoms. The summed E-state index contributed by atoms with van der Waals surface area (Å²) in [5.74, 6) is -0.819. The van der Waals surface area contributed by atoms with Crippen molar-refractivity contribution in [1.82, 2.24) is 10.2 Å². The van der Waals surface area contributed by atoms with Crippen molar-refractivity contribution in [3.05, 3.63) is 0 Å². The van der Waals surface area contributed by atoms with E-state index in [4.69, 9.17) is 9.84 Å². The minimum Gasteiger partial charge on any atom is -0.481 e. The van der Waals surface area contributed by atoms with E-state index in [0.717, 1.165) is 0 Å². The highest BCUT2D eigenvalue weighted by molar-refractivity contribution is 5.69. The first-order valence-corrected chi connectivity index (χ1v) is 5.71. The van der Waals surface area contributed by atoms with Crippen LogP contribution in [0.3, 0.4) is 0 Å². The van der Waals surface area contributed by atoms with Gasteiger partial charge in [-0.1, -0.05) is 0 Å². The minimum atomic E-state index is -0.819. The van der Waals surface area contributed by atoms with Crippen molar-refractivity contribution in [2.45, 2.75) is 38.8 Å². The van der Waals surface area contributed by atoms with E-state index in [1.54, 1.807) is 4.90 Å². The van der Waals surface area contributed by atoms with Crippen LogP contribution in [0.15, 0.2) is 0 Å². The molecular formula is C11H20N2O4. The van der Waals surface area contributed by atoms with Gasteiger partial charge in [-0.25, -0.2) is 4.79 Å². The van der Waals surface area contributed by atoms with Gasteiger partial charge in [-0.05, 0) is 20.8 Å². The molecule has 6 heteroatoms. The number of nitrogens with one attached hydrogen (secondary N) is 1. The number of nitrogens with zero attached hydrogens (tertiary/aromatic N) is 1. The number of likely N-dealkylation sites (tertiary alicyclic amines) is 1. The molecule has 0 bridgehead atoms. The molecule has 6 nitrogen and oxygen atoms in total. The molecule has 0 aliphatic carbocycles. The number of hydrogen-bond acceptors (Lipinski definition) is 4. The molecule has 1 saturated heterocycles. The number of ether oxygens (including phenoxy) is 1. The molecular weight excluding hydrogens is 224 g/mol. The maximum atomic E-state index is 11.6. The highest BCUT2D eigenvalue weighted by Crippen LogP contribution is 2.14. The van der Waals surface area contributed by atoms with Crippen molar-refractivity contribution < 1.29 is 19.4 Å². The summed E-state index contributed by atoms with van der Waals surface area (Å²) in [5.41, 5.74) is -0.473. The highest BCUT2D eigenvalue weighted by atomic mass is 16.6. The average Bonchev–Trinajstić information content (AvgIpc) is 2.04. The molecule has 1 aliphatic rings. The molecule has 17 heavy (non-hydrogen) atoms. The summed E-state index contributed by atoms with van der Waals surface area (Å²) >= 11 is 0. The topological polar surface area (TPSA) is 78.9 Å². The Kier molecular flexibility index (Phi) is 4.34. The first kappa shape index (κ1) is 13.8. The van der Waals surface area contributed by atoms with Gasteiger partial charge in [0.05, 0.1) is 6.42 Å². The van der Waals surface area contributed by atoms with Gasteiger partial charge in [-0.15, -0.1) is 0 Å². The molecule has 1 heterocycles. The molecule has 0 aromatic heterocycles. The van der Waals surface area contributed by atoms with Crippen molar-refractivity contribution in [3.63, 3.8) is 0 Å². The third-order valence-electron chi connectivity index (χ3n) is 2.31. The molecule has 2 N–H and O–H groups in total. The first-order valence-electron chi connectivity index (χ1n) is 5.71. The largest absolute Gasteiger partial charge is 0.481 e. The van der Waals surface area contributed by atoms with Crippen LogP contribution in [0.2, 0.25) is 0 Å². The number of carbonyl (C=O) groups excluding carboxylic acids is 1. The Morgan fingerprint density at radius 3 is 2.47 bits per heavy atom. The van der Waals surface area contributed by atoms with Crippen LogP contribution in [-0.2, 0) is 9.53 Å². The van der Waals surface area contributed by atoms with E-state index in [1.807, 2.05) is 20.8 Å². The van der Waals surface area contributed by atoms with Crippen LogP contribution < -0.4 is 5.32 Å². The van der Waals surface area contributed by atoms with Crippen LogP contribution in [0.5, 0.6) is 0 Å². The van der Waals surface area contributed by atoms with Gasteiger partial charge in [0.1, 0.15) is 5.60 Å². The molecule has 1 aliphatic heterocycles. The standard InChI is InChI=1S/C11H20N2O4/c1-11(2,3)17-10(16)13-6-8(7-13)12-5-4-9(14)15/h8,12H,4-7H2,1-3H3,(H,14,15). The molecule has 1 rings (SSSR count). The van der Waals surface area contributed by atoms with Gasteiger partial charge in [0.25, 0.3) is 0 Å². The number of carboxylic acids is 1.